The van der Waals surface area contributed by atoms with E-state index < -0.39 is 0 Å². The van der Waals surface area contributed by atoms with Crippen LogP contribution in [0.1, 0.15) is 72.1 Å². The molecule has 0 spiro atoms. The zero-order valence-electron chi connectivity index (χ0n) is 16.7. The van der Waals surface area contributed by atoms with Gasteiger partial charge < -0.3 is 4.74 Å². The zero-order valence-corrected chi connectivity index (χ0v) is 16.7. The number of allylic oxidation sites excluding steroid dienone is 4. The number of rotatable bonds is 2. The summed E-state index contributed by atoms with van der Waals surface area (Å²) in [6, 6.07) is 0. The predicted molar refractivity (Wildman–Crippen MR) is 106 cm³/mol. The molecule has 0 bridgehead atoms. The molecule has 4 aliphatic rings. The maximum Gasteiger partial charge on any atom is 0.302 e. The highest BCUT2D eigenvalue weighted by Crippen LogP contribution is 2.66. The molecule has 0 heterocycles. The normalized spacial score (nSPS) is 46.0. The van der Waals surface area contributed by atoms with E-state index in [1.165, 1.54) is 45.4 Å². The Labute approximate surface area is 158 Å². The van der Waals surface area contributed by atoms with Gasteiger partial charge in [0.25, 0.3) is 0 Å². The van der Waals surface area contributed by atoms with Gasteiger partial charge in [0.05, 0.1) is 0 Å². The standard InChI is InChI=1S/C24H34O2/c1-5-6-17-8-10-21-20-9-7-18-15-19(26-16(2)25)11-13-24(18,4)22(20)12-14-23(17,21)3/h5-7,19-22H,1,8-15H2,2-4H3/b17-6-/t19-,20+,21+,22+,23+,24-/m0/s1. The molecule has 142 valence electrons. The van der Waals surface area contributed by atoms with Crippen molar-refractivity contribution in [1.29, 1.82) is 0 Å². The lowest BCUT2D eigenvalue weighted by Gasteiger charge is -2.57. The Kier molecular flexibility index (Phi) is 4.44. The molecular weight excluding hydrogens is 320 g/mol. The summed E-state index contributed by atoms with van der Waals surface area (Å²) in [7, 11) is 0. The Morgan fingerprint density at radius 2 is 1.92 bits per heavy atom. The van der Waals surface area contributed by atoms with Crippen molar-refractivity contribution < 1.29 is 9.53 Å². The fraction of sp³-hybridized carbons (Fsp3) is 0.708. The summed E-state index contributed by atoms with van der Waals surface area (Å²) >= 11 is 0. The van der Waals surface area contributed by atoms with Crippen LogP contribution in [0.3, 0.4) is 0 Å². The zero-order chi connectivity index (χ0) is 18.5. The summed E-state index contributed by atoms with van der Waals surface area (Å²) in [6.45, 7) is 10.5. The monoisotopic (exact) mass is 354 g/mol. The van der Waals surface area contributed by atoms with Crippen molar-refractivity contribution in [2.24, 2.45) is 28.6 Å². The van der Waals surface area contributed by atoms with Gasteiger partial charge in [-0.3, -0.25) is 4.79 Å². The smallest absolute Gasteiger partial charge is 0.302 e. The predicted octanol–water partition coefficient (Wildman–Crippen LogP) is 5.99. The summed E-state index contributed by atoms with van der Waals surface area (Å²) in [6.07, 6.45) is 16.6. The molecule has 0 saturated heterocycles. The van der Waals surface area contributed by atoms with Gasteiger partial charge in [-0.15, -0.1) is 0 Å². The molecule has 26 heavy (non-hydrogen) atoms. The van der Waals surface area contributed by atoms with Crippen LogP contribution < -0.4 is 0 Å². The molecule has 3 fully saturated rings. The van der Waals surface area contributed by atoms with Crippen LogP contribution >= 0.6 is 0 Å². The van der Waals surface area contributed by atoms with E-state index in [0.29, 0.717) is 10.8 Å². The average molecular weight is 355 g/mol. The van der Waals surface area contributed by atoms with Crippen molar-refractivity contribution in [2.45, 2.75) is 78.2 Å². The lowest BCUT2D eigenvalue weighted by atomic mass is 9.48. The molecule has 0 unspecified atom stereocenters. The summed E-state index contributed by atoms with van der Waals surface area (Å²) in [5.41, 5.74) is 3.95. The summed E-state index contributed by atoms with van der Waals surface area (Å²) in [5, 5.41) is 0. The van der Waals surface area contributed by atoms with Crippen LogP contribution in [-0.2, 0) is 9.53 Å². The first-order chi connectivity index (χ1) is 12.4. The van der Waals surface area contributed by atoms with E-state index in [4.69, 9.17) is 4.74 Å². The molecule has 0 aromatic carbocycles. The number of hydrogen-bond acceptors (Lipinski definition) is 2. The average Bonchev–Trinajstić information content (AvgIpc) is 2.92. The minimum Gasteiger partial charge on any atom is -0.462 e. The van der Waals surface area contributed by atoms with Gasteiger partial charge in [-0.25, -0.2) is 0 Å². The molecule has 4 aliphatic carbocycles. The third-order valence-corrected chi connectivity index (χ3v) is 8.56. The Bertz CT molecular complexity index is 672. The van der Waals surface area contributed by atoms with Gasteiger partial charge >= 0.3 is 5.97 Å². The number of carbonyl (C=O) groups is 1. The van der Waals surface area contributed by atoms with Crippen molar-refractivity contribution in [2.75, 3.05) is 0 Å². The minimum atomic E-state index is -0.131. The molecule has 6 atom stereocenters. The van der Waals surface area contributed by atoms with Gasteiger partial charge in [0, 0.05) is 13.3 Å². The molecular formula is C24H34O2. The number of ether oxygens (including phenoxy) is 1. The van der Waals surface area contributed by atoms with Crippen molar-refractivity contribution in [3.63, 3.8) is 0 Å². The first-order valence-electron chi connectivity index (χ1n) is 10.6. The van der Waals surface area contributed by atoms with Crippen LogP contribution in [0, 0.1) is 28.6 Å². The second-order valence-corrected chi connectivity index (χ2v) is 9.66. The van der Waals surface area contributed by atoms with E-state index in [-0.39, 0.29) is 12.1 Å². The van der Waals surface area contributed by atoms with Crippen molar-refractivity contribution in [3.8, 4) is 0 Å². The van der Waals surface area contributed by atoms with E-state index in [1.807, 2.05) is 6.08 Å². The van der Waals surface area contributed by atoms with Crippen LogP contribution in [0.2, 0.25) is 0 Å². The second-order valence-electron chi connectivity index (χ2n) is 9.66. The number of esters is 1. The quantitative estimate of drug-likeness (QED) is 0.449. The Morgan fingerprint density at radius 1 is 1.19 bits per heavy atom. The van der Waals surface area contributed by atoms with Crippen LogP contribution in [0.25, 0.3) is 0 Å². The Hall–Kier alpha value is -1.31. The molecule has 0 radical (unpaired) electrons. The van der Waals surface area contributed by atoms with Crippen LogP contribution in [0.5, 0.6) is 0 Å². The van der Waals surface area contributed by atoms with E-state index in [9.17, 15) is 4.79 Å². The molecule has 2 nitrogen and oxygen atoms in total. The molecule has 3 saturated carbocycles. The van der Waals surface area contributed by atoms with Gasteiger partial charge in [-0.05, 0) is 73.5 Å². The molecule has 0 aromatic heterocycles. The highest BCUT2D eigenvalue weighted by molar-refractivity contribution is 5.66. The van der Waals surface area contributed by atoms with Crippen molar-refractivity contribution in [3.05, 3.63) is 36.0 Å². The minimum absolute atomic E-state index is 0.103. The highest BCUT2D eigenvalue weighted by Gasteiger charge is 2.57. The first kappa shape index (κ1) is 18.1. The van der Waals surface area contributed by atoms with Crippen molar-refractivity contribution >= 4 is 5.97 Å². The fourth-order valence-electron chi connectivity index (χ4n) is 7.23. The Balaban J connectivity index is 1.60. The van der Waals surface area contributed by atoms with E-state index in [2.05, 4.69) is 32.6 Å². The number of fused-ring (bicyclic) bond motifs is 5. The maximum absolute atomic E-state index is 11.4. The molecule has 0 aromatic rings. The second kappa shape index (κ2) is 6.39. The summed E-state index contributed by atoms with van der Waals surface area (Å²) < 4.78 is 5.55. The highest BCUT2D eigenvalue weighted by atomic mass is 16.5. The lowest BCUT2D eigenvalue weighted by Crippen LogP contribution is -2.49. The topological polar surface area (TPSA) is 26.3 Å². The van der Waals surface area contributed by atoms with E-state index in [0.717, 1.165) is 30.6 Å². The van der Waals surface area contributed by atoms with Crippen LogP contribution in [0.15, 0.2) is 36.0 Å². The van der Waals surface area contributed by atoms with Gasteiger partial charge in [0.15, 0.2) is 0 Å². The van der Waals surface area contributed by atoms with Gasteiger partial charge in [0.2, 0.25) is 0 Å². The van der Waals surface area contributed by atoms with Gasteiger partial charge in [0.1, 0.15) is 6.10 Å². The molecule has 0 amide bonds. The largest absolute Gasteiger partial charge is 0.462 e. The van der Waals surface area contributed by atoms with Gasteiger partial charge in [-0.1, -0.05) is 49.8 Å². The fourth-order valence-corrected chi connectivity index (χ4v) is 7.23. The maximum atomic E-state index is 11.4. The summed E-state index contributed by atoms with van der Waals surface area (Å²) in [5.74, 6) is 2.33. The number of carbonyl (C=O) groups excluding carboxylic acids is 1. The number of hydrogen-bond donors (Lipinski definition) is 0. The molecule has 2 heteroatoms. The third-order valence-electron chi connectivity index (χ3n) is 8.56. The summed E-state index contributed by atoms with van der Waals surface area (Å²) in [4.78, 5) is 11.4. The van der Waals surface area contributed by atoms with E-state index >= 15 is 0 Å². The molecule has 0 N–H and O–H groups in total. The molecule has 0 aliphatic heterocycles. The van der Waals surface area contributed by atoms with Gasteiger partial charge in [-0.2, -0.15) is 0 Å². The lowest BCUT2D eigenvalue weighted by molar-refractivity contribution is -0.148. The Morgan fingerprint density at radius 3 is 2.65 bits per heavy atom. The first-order valence-corrected chi connectivity index (χ1v) is 10.6. The van der Waals surface area contributed by atoms with Crippen LogP contribution in [0.4, 0.5) is 0 Å². The van der Waals surface area contributed by atoms with E-state index in [1.54, 1.807) is 11.1 Å². The van der Waals surface area contributed by atoms with Crippen LogP contribution in [-0.4, -0.2) is 12.1 Å². The third kappa shape index (κ3) is 2.63. The van der Waals surface area contributed by atoms with Crippen molar-refractivity contribution in [1.82, 2.24) is 0 Å². The SMILES string of the molecule is C=C/C=C1/CC[C@@H]2[C@H]3CC=C4C[C@@H](OC(C)=O)CC[C@]4(C)[C@@H]3CC[C@]12C. The molecule has 4 rings (SSSR count).